The first-order valence-corrected chi connectivity index (χ1v) is 13.1. The van der Waals surface area contributed by atoms with Gasteiger partial charge in [-0.15, -0.1) is 0 Å². The number of carbonyl (C=O) groups is 1. The van der Waals surface area contributed by atoms with Gasteiger partial charge in [0, 0.05) is 30.5 Å². The minimum Gasteiger partial charge on any atom is -0.457 e. The zero-order chi connectivity index (χ0) is 27.2. The van der Waals surface area contributed by atoms with Crippen molar-refractivity contribution in [3.63, 3.8) is 0 Å². The van der Waals surface area contributed by atoms with Crippen molar-refractivity contribution in [1.82, 2.24) is 9.47 Å². The summed E-state index contributed by atoms with van der Waals surface area (Å²) in [6, 6.07) is 28.2. The number of amides is 1. The molecule has 1 aromatic heterocycles. The molecule has 3 aromatic carbocycles. The molecule has 39 heavy (non-hydrogen) atoms. The van der Waals surface area contributed by atoms with Gasteiger partial charge in [0.05, 0.1) is 11.6 Å². The first-order valence-electron chi connectivity index (χ1n) is 13.1. The van der Waals surface area contributed by atoms with Crippen molar-refractivity contribution in [2.45, 2.75) is 38.6 Å². The highest BCUT2D eigenvalue weighted by atomic mass is 19.1. The molecule has 1 fully saturated rings. The van der Waals surface area contributed by atoms with E-state index in [4.69, 9.17) is 9.47 Å². The van der Waals surface area contributed by atoms with E-state index < -0.39 is 18.3 Å². The van der Waals surface area contributed by atoms with Gasteiger partial charge in [-0.05, 0) is 48.2 Å². The number of rotatable bonds is 7. The van der Waals surface area contributed by atoms with E-state index in [1.165, 1.54) is 0 Å². The van der Waals surface area contributed by atoms with Crippen molar-refractivity contribution in [3.8, 4) is 28.7 Å². The Morgan fingerprint density at radius 3 is 2.33 bits per heavy atom. The number of ether oxygens (including phenoxy) is 2. The molecule has 1 amide bonds. The zero-order valence-corrected chi connectivity index (χ0v) is 21.8. The van der Waals surface area contributed by atoms with Crippen molar-refractivity contribution >= 4 is 6.09 Å². The van der Waals surface area contributed by atoms with Crippen LogP contribution in [-0.4, -0.2) is 34.8 Å². The largest absolute Gasteiger partial charge is 0.457 e. The second kappa shape index (κ2) is 11.9. The van der Waals surface area contributed by atoms with Gasteiger partial charge in [-0.1, -0.05) is 67.6 Å². The number of nitrogens with zero attached hydrogens (tertiary/aromatic N) is 3. The van der Waals surface area contributed by atoms with Crippen LogP contribution in [0.3, 0.4) is 0 Å². The van der Waals surface area contributed by atoms with Gasteiger partial charge < -0.3 is 18.9 Å². The minimum atomic E-state index is -1.15. The summed E-state index contributed by atoms with van der Waals surface area (Å²) in [4.78, 5) is 14.4. The average molecular weight is 524 g/mol. The van der Waals surface area contributed by atoms with E-state index in [0.29, 0.717) is 17.7 Å². The lowest BCUT2D eigenvalue weighted by atomic mass is 10.0. The maximum atomic E-state index is 15.3. The Bertz CT molecular complexity index is 1450. The van der Waals surface area contributed by atoms with E-state index in [1.54, 1.807) is 4.90 Å². The lowest BCUT2D eigenvalue weighted by molar-refractivity contribution is 0.0563. The molecule has 1 aliphatic rings. The highest BCUT2D eigenvalue weighted by molar-refractivity contribution is 5.73. The van der Waals surface area contributed by atoms with Crippen LogP contribution in [0.5, 0.6) is 11.5 Å². The quantitative estimate of drug-likeness (QED) is 0.255. The van der Waals surface area contributed by atoms with Crippen LogP contribution < -0.4 is 4.74 Å². The van der Waals surface area contributed by atoms with Gasteiger partial charge in [0.25, 0.3) is 0 Å². The smallest absolute Gasteiger partial charge is 0.410 e. The first-order chi connectivity index (χ1) is 19.1. The summed E-state index contributed by atoms with van der Waals surface area (Å²) in [7, 11) is 0. The van der Waals surface area contributed by atoms with Crippen LogP contribution in [0.15, 0.2) is 91.1 Å². The van der Waals surface area contributed by atoms with Crippen molar-refractivity contribution in [2.24, 2.45) is 0 Å². The lowest BCUT2D eigenvalue weighted by Gasteiger charge is -2.36. The molecule has 1 aliphatic heterocycles. The summed E-state index contributed by atoms with van der Waals surface area (Å²) in [5.41, 5.74) is 3.74. The van der Waals surface area contributed by atoms with Crippen molar-refractivity contribution in [3.05, 3.63) is 108 Å². The topological polar surface area (TPSA) is 67.5 Å². The second-order valence-corrected chi connectivity index (χ2v) is 9.53. The number of carbonyl (C=O) groups excluding carboxylic acids is 1. The Labute approximate surface area is 227 Å². The van der Waals surface area contributed by atoms with E-state index in [9.17, 15) is 10.1 Å². The van der Waals surface area contributed by atoms with Crippen LogP contribution in [0.4, 0.5) is 9.18 Å². The van der Waals surface area contributed by atoms with Crippen molar-refractivity contribution in [2.75, 3.05) is 13.1 Å². The van der Waals surface area contributed by atoms with Gasteiger partial charge in [-0.2, -0.15) is 5.26 Å². The number of hydrogen-bond acceptors (Lipinski definition) is 4. The average Bonchev–Trinajstić information content (AvgIpc) is 3.36. The molecular weight excluding hydrogens is 493 g/mol. The number of hydrogen-bond donors (Lipinski definition) is 0. The summed E-state index contributed by atoms with van der Waals surface area (Å²) in [5, 5.41) is 10.1. The van der Waals surface area contributed by atoms with Crippen LogP contribution in [-0.2, 0) is 17.8 Å². The molecule has 0 aliphatic carbocycles. The third-order valence-electron chi connectivity index (χ3n) is 7.05. The molecule has 4 aromatic rings. The molecule has 0 bridgehead atoms. The van der Waals surface area contributed by atoms with Crippen molar-refractivity contribution < 1.29 is 18.7 Å². The van der Waals surface area contributed by atoms with Crippen LogP contribution in [0, 0.1) is 11.3 Å². The van der Waals surface area contributed by atoms with Crippen molar-refractivity contribution in [1.29, 1.82) is 5.26 Å². The number of aromatic nitrogens is 1. The van der Waals surface area contributed by atoms with Crippen LogP contribution in [0.2, 0.25) is 0 Å². The molecule has 7 heteroatoms. The van der Waals surface area contributed by atoms with Gasteiger partial charge in [0.15, 0.2) is 0 Å². The number of piperidine rings is 1. The molecule has 2 heterocycles. The fraction of sp³-hybridized carbons (Fsp3) is 0.250. The van der Waals surface area contributed by atoms with Crippen LogP contribution in [0.1, 0.15) is 36.2 Å². The molecule has 0 N–H and O–H groups in total. The van der Waals surface area contributed by atoms with Gasteiger partial charge in [0.2, 0.25) is 0 Å². The van der Waals surface area contributed by atoms with E-state index in [-0.39, 0.29) is 26.1 Å². The molecule has 0 radical (unpaired) electrons. The molecule has 2 unspecified atom stereocenters. The molecule has 6 nitrogen and oxygen atoms in total. The van der Waals surface area contributed by atoms with Gasteiger partial charge >= 0.3 is 6.09 Å². The molecule has 1 saturated heterocycles. The fourth-order valence-electron chi connectivity index (χ4n) is 5.03. The Kier molecular flexibility index (Phi) is 7.93. The maximum absolute atomic E-state index is 15.3. The molecule has 5 rings (SSSR count). The Hall–Kier alpha value is -4.57. The molecular formula is C32H30FN3O3. The maximum Gasteiger partial charge on any atom is 0.410 e. The highest BCUT2D eigenvalue weighted by Crippen LogP contribution is 2.35. The predicted octanol–water partition coefficient (Wildman–Crippen LogP) is 7.30. The Balaban J connectivity index is 1.36. The second-order valence-electron chi connectivity index (χ2n) is 9.53. The first kappa shape index (κ1) is 26.1. The molecule has 0 spiro atoms. The van der Waals surface area contributed by atoms with Gasteiger partial charge in [-0.25, -0.2) is 9.18 Å². The monoisotopic (exact) mass is 523 g/mol. The highest BCUT2D eigenvalue weighted by Gasteiger charge is 2.35. The minimum absolute atomic E-state index is 0.163. The standard InChI is InChI=1S/C32H30FN3O3/c1-2-30-27(19-34)28(24-13-15-26(16-14-24)39-25-11-7-4-8-12-25)20-36(30)31-21-35(18-17-29(31)33)32(37)38-22-23-9-5-3-6-10-23/h3-16,20,29,31H,2,17-18,21-22H2,1H3. The van der Waals surface area contributed by atoms with Gasteiger partial charge in [0.1, 0.15) is 30.3 Å². The van der Waals surface area contributed by atoms with E-state index >= 15 is 4.39 Å². The summed E-state index contributed by atoms with van der Waals surface area (Å²) >= 11 is 0. The van der Waals surface area contributed by atoms with Gasteiger partial charge in [-0.3, -0.25) is 0 Å². The number of halogens is 1. The Morgan fingerprint density at radius 1 is 1.00 bits per heavy atom. The summed E-state index contributed by atoms with van der Waals surface area (Å²) in [5.74, 6) is 1.42. The number of nitriles is 1. The normalized spacial score (nSPS) is 16.9. The predicted molar refractivity (Wildman–Crippen MR) is 147 cm³/mol. The Morgan fingerprint density at radius 2 is 1.67 bits per heavy atom. The van der Waals surface area contributed by atoms with E-state index in [1.807, 2.05) is 103 Å². The molecule has 2 atom stereocenters. The fourth-order valence-corrected chi connectivity index (χ4v) is 5.03. The zero-order valence-electron chi connectivity index (χ0n) is 21.8. The lowest BCUT2D eigenvalue weighted by Crippen LogP contribution is -2.45. The number of para-hydroxylation sites is 1. The van der Waals surface area contributed by atoms with Crippen LogP contribution >= 0.6 is 0 Å². The van der Waals surface area contributed by atoms with E-state index in [0.717, 1.165) is 28.1 Å². The third-order valence-corrected chi connectivity index (χ3v) is 7.05. The molecule has 0 saturated carbocycles. The number of alkyl halides is 1. The summed E-state index contributed by atoms with van der Waals surface area (Å²) in [6.07, 6.45) is 0.993. The van der Waals surface area contributed by atoms with Crippen LogP contribution in [0.25, 0.3) is 11.1 Å². The molecule has 198 valence electrons. The van der Waals surface area contributed by atoms with E-state index in [2.05, 4.69) is 6.07 Å². The number of benzene rings is 3. The third kappa shape index (κ3) is 5.80. The number of likely N-dealkylation sites (tertiary alicyclic amines) is 1. The SMILES string of the molecule is CCc1c(C#N)c(-c2ccc(Oc3ccccc3)cc2)cn1C1CN(C(=O)OCc2ccccc2)CCC1F. The summed E-state index contributed by atoms with van der Waals surface area (Å²) in [6.45, 7) is 2.57. The summed E-state index contributed by atoms with van der Waals surface area (Å²) < 4.78 is 28.6.